The molecular formula is C26H31FN2O6. The number of nitrogens with one attached hydrogen (secondary N) is 2. The van der Waals surface area contributed by atoms with Crippen LogP contribution in [0.15, 0.2) is 36.4 Å². The molecule has 0 atom stereocenters. The molecule has 1 fully saturated rings. The first-order chi connectivity index (χ1) is 16.9. The van der Waals surface area contributed by atoms with Crippen LogP contribution in [0.1, 0.15) is 48.0 Å². The average Bonchev–Trinajstić information content (AvgIpc) is 2.88. The van der Waals surface area contributed by atoms with E-state index in [1.807, 2.05) is 0 Å². The predicted molar refractivity (Wildman–Crippen MR) is 128 cm³/mol. The Balaban J connectivity index is 1.62. The van der Waals surface area contributed by atoms with Crippen LogP contribution in [-0.4, -0.2) is 45.2 Å². The first kappa shape index (κ1) is 26.0. The standard InChI is InChI=1S/C26H31FN2O6/c1-33-22-14-20(21(15-23(22)34-2)29-25(31)18-6-4-3-5-7-18)26(32)35-16-24(30)28-13-12-17-8-10-19(27)11-9-17/h8-11,14-15,18H,3-7,12-13,16H2,1-2H3,(H,28,30)(H,29,31). The number of benzene rings is 2. The highest BCUT2D eigenvalue weighted by Gasteiger charge is 2.25. The Morgan fingerprint density at radius 1 is 0.971 bits per heavy atom. The van der Waals surface area contributed by atoms with Gasteiger partial charge in [-0.25, -0.2) is 9.18 Å². The van der Waals surface area contributed by atoms with Gasteiger partial charge in [0.25, 0.3) is 5.91 Å². The second-order valence-corrected chi connectivity index (χ2v) is 8.38. The molecule has 0 heterocycles. The Bertz CT molecular complexity index is 1030. The van der Waals surface area contributed by atoms with Crippen molar-refractivity contribution in [2.45, 2.75) is 38.5 Å². The molecule has 0 saturated heterocycles. The third-order valence-corrected chi connectivity index (χ3v) is 5.96. The minimum atomic E-state index is -0.779. The first-order valence-corrected chi connectivity index (χ1v) is 11.7. The molecule has 0 unspecified atom stereocenters. The van der Waals surface area contributed by atoms with E-state index < -0.39 is 18.5 Å². The molecule has 2 aromatic rings. The molecule has 1 saturated carbocycles. The van der Waals surface area contributed by atoms with E-state index in [-0.39, 0.29) is 28.9 Å². The topological polar surface area (TPSA) is 103 Å². The van der Waals surface area contributed by atoms with Gasteiger partial charge in [0.15, 0.2) is 18.1 Å². The van der Waals surface area contributed by atoms with Gasteiger partial charge in [-0.3, -0.25) is 9.59 Å². The van der Waals surface area contributed by atoms with Gasteiger partial charge in [-0.15, -0.1) is 0 Å². The van der Waals surface area contributed by atoms with Gasteiger partial charge in [0, 0.05) is 24.6 Å². The van der Waals surface area contributed by atoms with E-state index in [1.165, 1.54) is 38.5 Å². The van der Waals surface area contributed by atoms with Crippen molar-refractivity contribution in [2.75, 3.05) is 32.7 Å². The van der Waals surface area contributed by atoms with Gasteiger partial charge < -0.3 is 24.8 Å². The van der Waals surface area contributed by atoms with Gasteiger partial charge in [0.2, 0.25) is 5.91 Å². The lowest BCUT2D eigenvalue weighted by atomic mass is 9.88. The highest BCUT2D eigenvalue weighted by atomic mass is 19.1. The zero-order valence-electron chi connectivity index (χ0n) is 20.0. The fourth-order valence-electron chi connectivity index (χ4n) is 4.01. The van der Waals surface area contributed by atoms with Crippen molar-refractivity contribution < 1.29 is 33.0 Å². The van der Waals surface area contributed by atoms with Gasteiger partial charge in [0.1, 0.15) is 5.82 Å². The van der Waals surface area contributed by atoms with Crippen molar-refractivity contribution >= 4 is 23.5 Å². The number of methoxy groups -OCH3 is 2. The first-order valence-electron chi connectivity index (χ1n) is 11.7. The zero-order chi connectivity index (χ0) is 25.2. The summed E-state index contributed by atoms with van der Waals surface area (Å²) in [6.45, 7) is -0.187. The van der Waals surface area contributed by atoms with Crippen LogP contribution in [0.3, 0.4) is 0 Å². The molecule has 188 valence electrons. The molecular weight excluding hydrogens is 455 g/mol. The lowest BCUT2D eigenvalue weighted by Gasteiger charge is -2.22. The molecule has 8 nitrogen and oxygen atoms in total. The molecule has 0 spiro atoms. The number of anilines is 1. The second-order valence-electron chi connectivity index (χ2n) is 8.38. The second kappa shape index (κ2) is 12.7. The number of esters is 1. The van der Waals surface area contributed by atoms with E-state index in [4.69, 9.17) is 14.2 Å². The molecule has 0 aliphatic heterocycles. The average molecular weight is 487 g/mol. The lowest BCUT2D eigenvalue weighted by molar-refractivity contribution is -0.124. The van der Waals surface area contributed by atoms with Gasteiger partial charge in [-0.2, -0.15) is 0 Å². The summed E-state index contributed by atoms with van der Waals surface area (Å²) in [6.07, 6.45) is 5.22. The molecule has 0 radical (unpaired) electrons. The Morgan fingerprint density at radius 3 is 2.29 bits per heavy atom. The normalized spacial score (nSPS) is 13.6. The number of carbonyl (C=O) groups is 3. The molecule has 0 bridgehead atoms. The Kier molecular flexibility index (Phi) is 9.46. The summed E-state index contributed by atoms with van der Waals surface area (Å²) < 4.78 is 28.8. The van der Waals surface area contributed by atoms with Crippen LogP contribution >= 0.6 is 0 Å². The Hall–Kier alpha value is -3.62. The molecule has 0 aromatic heterocycles. The molecule has 3 rings (SSSR count). The third kappa shape index (κ3) is 7.43. The van der Waals surface area contributed by atoms with E-state index in [9.17, 15) is 18.8 Å². The quantitative estimate of drug-likeness (QED) is 0.494. The van der Waals surface area contributed by atoms with Gasteiger partial charge in [0.05, 0.1) is 25.5 Å². The summed E-state index contributed by atoms with van der Waals surface area (Å²) in [5.74, 6) is -1.22. The SMILES string of the molecule is COc1cc(NC(=O)C2CCCCC2)c(C(=O)OCC(=O)NCCc2ccc(F)cc2)cc1OC. The highest BCUT2D eigenvalue weighted by molar-refractivity contribution is 6.03. The van der Waals surface area contributed by atoms with Gasteiger partial charge in [-0.05, 0) is 37.0 Å². The monoisotopic (exact) mass is 486 g/mol. The highest BCUT2D eigenvalue weighted by Crippen LogP contribution is 2.34. The lowest BCUT2D eigenvalue weighted by Crippen LogP contribution is -2.31. The number of hydrogen-bond acceptors (Lipinski definition) is 6. The number of ether oxygens (including phenoxy) is 3. The maximum Gasteiger partial charge on any atom is 0.340 e. The summed E-state index contributed by atoms with van der Waals surface area (Å²) >= 11 is 0. The molecule has 2 aromatic carbocycles. The van der Waals surface area contributed by atoms with Crippen LogP contribution < -0.4 is 20.1 Å². The molecule has 35 heavy (non-hydrogen) atoms. The summed E-state index contributed by atoms with van der Waals surface area (Å²) in [5.41, 5.74) is 1.17. The predicted octanol–water partition coefficient (Wildman–Crippen LogP) is 3.88. The van der Waals surface area contributed by atoms with Crippen LogP contribution in [0, 0.1) is 11.7 Å². The van der Waals surface area contributed by atoms with Crippen LogP contribution in [-0.2, 0) is 20.7 Å². The fraction of sp³-hybridized carbons (Fsp3) is 0.423. The number of amides is 2. The number of hydrogen-bond donors (Lipinski definition) is 2. The van der Waals surface area contributed by atoms with Crippen molar-refractivity contribution in [2.24, 2.45) is 5.92 Å². The fourth-order valence-corrected chi connectivity index (χ4v) is 4.01. The molecule has 9 heteroatoms. The third-order valence-electron chi connectivity index (χ3n) is 5.96. The van der Waals surface area contributed by atoms with Gasteiger partial charge >= 0.3 is 5.97 Å². The van der Waals surface area contributed by atoms with Crippen LogP contribution in [0.2, 0.25) is 0 Å². The molecule has 2 amide bonds. The van der Waals surface area contributed by atoms with E-state index >= 15 is 0 Å². The number of halogens is 1. The smallest absolute Gasteiger partial charge is 0.340 e. The number of rotatable bonds is 10. The maximum atomic E-state index is 13.0. The number of carbonyl (C=O) groups excluding carboxylic acids is 3. The minimum absolute atomic E-state index is 0.0610. The Labute approximate surface area is 204 Å². The van der Waals surface area contributed by atoms with Crippen LogP contribution in [0.4, 0.5) is 10.1 Å². The van der Waals surface area contributed by atoms with Crippen molar-refractivity contribution in [3.63, 3.8) is 0 Å². The largest absolute Gasteiger partial charge is 0.493 e. The van der Waals surface area contributed by atoms with E-state index in [2.05, 4.69) is 10.6 Å². The van der Waals surface area contributed by atoms with E-state index in [0.717, 1.165) is 37.7 Å². The van der Waals surface area contributed by atoms with E-state index in [1.54, 1.807) is 12.1 Å². The molecule has 1 aliphatic rings. The Morgan fingerprint density at radius 2 is 1.63 bits per heavy atom. The molecule has 2 N–H and O–H groups in total. The maximum absolute atomic E-state index is 13.0. The van der Waals surface area contributed by atoms with Crippen molar-refractivity contribution in [3.8, 4) is 11.5 Å². The summed E-state index contributed by atoms with van der Waals surface area (Å²) in [7, 11) is 2.89. The van der Waals surface area contributed by atoms with Crippen molar-refractivity contribution in [1.82, 2.24) is 5.32 Å². The minimum Gasteiger partial charge on any atom is -0.493 e. The van der Waals surface area contributed by atoms with Crippen molar-refractivity contribution in [1.29, 1.82) is 0 Å². The van der Waals surface area contributed by atoms with Crippen molar-refractivity contribution in [3.05, 3.63) is 53.3 Å². The summed E-state index contributed by atoms with van der Waals surface area (Å²) in [4.78, 5) is 37.8. The summed E-state index contributed by atoms with van der Waals surface area (Å²) in [6, 6.07) is 8.92. The van der Waals surface area contributed by atoms with Crippen LogP contribution in [0.25, 0.3) is 0 Å². The van der Waals surface area contributed by atoms with E-state index in [0.29, 0.717) is 24.5 Å². The summed E-state index contributed by atoms with van der Waals surface area (Å²) in [5, 5.41) is 5.49. The molecule has 1 aliphatic carbocycles. The van der Waals surface area contributed by atoms with Crippen LogP contribution in [0.5, 0.6) is 11.5 Å². The zero-order valence-corrected chi connectivity index (χ0v) is 20.0. The van der Waals surface area contributed by atoms with Gasteiger partial charge in [-0.1, -0.05) is 31.4 Å².